The number of hydrogen-bond donors (Lipinski definition) is 2. The fourth-order valence-corrected chi connectivity index (χ4v) is 5.34. The lowest BCUT2D eigenvalue weighted by molar-refractivity contribution is 0.622. The van der Waals surface area contributed by atoms with E-state index < -0.39 is 0 Å². The molecular formula is C31H19N3O. The first-order valence-corrected chi connectivity index (χ1v) is 11.7. The van der Waals surface area contributed by atoms with Gasteiger partial charge in [-0.15, -0.1) is 0 Å². The molecule has 4 heteroatoms. The Morgan fingerprint density at radius 3 is 2.26 bits per heavy atom. The monoisotopic (exact) mass is 449 g/mol. The van der Waals surface area contributed by atoms with Gasteiger partial charge in [-0.3, -0.25) is 0 Å². The van der Waals surface area contributed by atoms with Crippen LogP contribution >= 0.6 is 0 Å². The number of aromatic nitrogens is 3. The van der Waals surface area contributed by atoms with Crippen LogP contribution in [-0.4, -0.2) is 15.0 Å². The van der Waals surface area contributed by atoms with Crippen LogP contribution in [0.1, 0.15) is 0 Å². The Morgan fingerprint density at radius 2 is 1.31 bits per heavy atom. The van der Waals surface area contributed by atoms with E-state index in [1.54, 1.807) is 0 Å². The highest BCUT2D eigenvalue weighted by atomic mass is 16.3. The summed E-state index contributed by atoms with van der Waals surface area (Å²) in [5.41, 5.74) is 9.37. The minimum atomic E-state index is 0.637. The van der Waals surface area contributed by atoms with Gasteiger partial charge in [-0.05, 0) is 48.0 Å². The number of nitrogens with one attached hydrogen (secondary N) is 2. The van der Waals surface area contributed by atoms with Gasteiger partial charge in [-0.2, -0.15) is 0 Å². The summed E-state index contributed by atoms with van der Waals surface area (Å²) in [7, 11) is 0. The molecule has 0 amide bonds. The number of hydrogen-bond acceptors (Lipinski definition) is 2. The van der Waals surface area contributed by atoms with Crippen molar-refractivity contribution in [2.24, 2.45) is 0 Å². The van der Waals surface area contributed by atoms with E-state index in [0.717, 1.165) is 44.1 Å². The number of para-hydroxylation sites is 2. The molecule has 0 aliphatic heterocycles. The lowest BCUT2D eigenvalue weighted by atomic mass is 10.00. The Morgan fingerprint density at radius 1 is 0.543 bits per heavy atom. The number of H-pyrrole nitrogens is 2. The van der Waals surface area contributed by atoms with Crippen LogP contribution in [0.5, 0.6) is 0 Å². The minimum Gasteiger partial charge on any atom is -0.434 e. The van der Waals surface area contributed by atoms with Crippen LogP contribution in [0.2, 0.25) is 0 Å². The lowest BCUT2D eigenvalue weighted by Crippen LogP contribution is -1.81. The first-order chi connectivity index (χ1) is 17.3. The predicted octanol–water partition coefficient (Wildman–Crippen LogP) is 8.43. The Balaban J connectivity index is 1.35. The van der Waals surface area contributed by atoms with E-state index in [1.165, 1.54) is 27.3 Å². The lowest BCUT2D eigenvalue weighted by Gasteiger charge is -2.04. The molecule has 0 saturated carbocycles. The van der Waals surface area contributed by atoms with Crippen molar-refractivity contribution < 1.29 is 4.42 Å². The van der Waals surface area contributed by atoms with Crippen LogP contribution in [0.15, 0.2) is 108 Å². The van der Waals surface area contributed by atoms with Crippen molar-refractivity contribution in [2.45, 2.75) is 0 Å². The molecule has 35 heavy (non-hydrogen) atoms. The maximum Gasteiger partial charge on any atom is 0.227 e. The first-order valence-electron chi connectivity index (χ1n) is 11.7. The summed E-state index contributed by atoms with van der Waals surface area (Å²) >= 11 is 0. The maximum atomic E-state index is 6.26. The van der Waals surface area contributed by atoms with Crippen LogP contribution in [-0.2, 0) is 0 Å². The zero-order valence-electron chi connectivity index (χ0n) is 18.7. The number of fused-ring (bicyclic) bond motifs is 8. The van der Waals surface area contributed by atoms with Crippen molar-refractivity contribution in [3.8, 4) is 22.6 Å². The molecule has 8 rings (SSSR count). The molecule has 0 fully saturated rings. The third-order valence-electron chi connectivity index (χ3n) is 7.00. The Kier molecular flexibility index (Phi) is 3.63. The van der Waals surface area contributed by atoms with Crippen molar-refractivity contribution >= 4 is 54.7 Å². The van der Waals surface area contributed by atoms with Gasteiger partial charge in [-0.1, -0.05) is 60.7 Å². The summed E-state index contributed by atoms with van der Waals surface area (Å²) < 4.78 is 6.26. The van der Waals surface area contributed by atoms with Crippen LogP contribution < -0.4 is 0 Å². The Bertz CT molecular complexity index is 2060. The SMILES string of the molecule is c1ccc(-c2nc3ccc4c5cc(-c6cccc7c6[nH]c6ccccc67)ccc5[nH]c4c3o2)cc1. The number of nitrogens with zero attached hydrogens (tertiary/aromatic N) is 1. The smallest absolute Gasteiger partial charge is 0.227 e. The molecule has 3 heterocycles. The number of oxazole rings is 1. The van der Waals surface area contributed by atoms with Crippen molar-refractivity contribution in [1.29, 1.82) is 0 Å². The van der Waals surface area contributed by atoms with E-state index in [0.29, 0.717) is 5.89 Å². The van der Waals surface area contributed by atoms with Crippen molar-refractivity contribution in [2.75, 3.05) is 0 Å². The van der Waals surface area contributed by atoms with Gasteiger partial charge in [0, 0.05) is 43.7 Å². The molecule has 0 unspecified atom stereocenters. The van der Waals surface area contributed by atoms with E-state index in [-0.39, 0.29) is 0 Å². The van der Waals surface area contributed by atoms with Gasteiger partial charge in [0.25, 0.3) is 0 Å². The van der Waals surface area contributed by atoms with Crippen molar-refractivity contribution in [3.05, 3.63) is 103 Å². The van der Waals surface area contributed by atoms with Crippen LogP contribution in [0.4, 0.5) is 0 Å². The molecule has 0 aliphatic rings. The Hall–Kier alpha value is -4.83. The van der Waals surface area contributed by atoms with Gasteiger partial charge in [0.2, 0.25) is 5.89 Å². The molecule has 8 aromatic rings. The van der Waals surface area contributed by atoms with Gasteiger partial charge in [0.05, 0.1) is 11.0 Å². The fraction of sp³-hybridized carbons (Fsp3) is 0. The molecule has 0 atom stereocenters. The summed E-state index contributed by atoms with van der Waals surface area (Å²) in [5.74, 6) is 0.637. The van der Waals surface area contributed by atoms with Gasteiger partial charge >= 0.3 is 0 Å². The molecule has 0 aliphatic carbocycles. The molecule has 0 radical (unpaired) electrons. The van der Waals surface area contributed by atoms with Crippen LogP contribution in [0, 0.1) is 0 Å². The number of benzene rings is 5. The van der Waals surface area contributed by atoms with E-state index in [1.807, 2.05) is 36.4 Å². The van der Waals surface area contributed by atoms with Crippen molar-refractivity contribution in [1.82, 2.24) is 15.0 Å². The largest absolute Gasteiger partial charge is 0.434 e. The van der Waals surface area contributed by atoms with E-state index in [4.69, 9.17) is 9.40 Å². The average Bonchev–Trinajstić information content (AvgIpc) is 3.61. The van der Waals surface area contributed by atoms with Gasteiger partial charge in [-0.25, -0.2) is 4.98 Å². The molecule has 0 saturated heterocycles. The van der Waals surface area contributed by atoms with Gasteiger partial charge < -0.3 is 14.4 Å². The minimum absolute atomic E-state index is 0.637. The molecule has 164 valence electrons. The third kappa shape index (κ3) is 2.65. The molecule has 2 N–H and O–H groups in total. The third-order valence-corrected chi connectivity index (χ3v) is 7.00. The van der Waals surface area contributed by atoms with Crippen LogP contribution in [0.3, 0.4) is 0 Å². The van der Waals surface area contributed by atoms with Crippen molar-refractivity contribution in [3.63, 3.8) is 0 Å². The molecule has 5 aromatic carbocycles. The first kappa shape index (κ1) is 18.6. The molecule has 0 bridgehead atoms. The summed E-state index contributed by atoms with van der Waals surface area (Å²) in [6, 6.07) is 35.8. The van der Waals surface area contributed by atoms with Gasteiger partial charge in [0.1, 0.15) is 5.52 Å². The fourth-order valence-electron chi connectivity index (χ4n) is 5.34. The summed E-state index contributed by atoms with van der Waals surface area (Å²) in [6.07, 6.45) is 0. The summed E-state index contributed by atoms with van der Waals surface area (Å²) in [6.45, 7) is 0. The summed E-state index contributed by atoms with van der Waals surface area (Å²) in [5, 5.41) is 4.80. The standard InChI is InChI=1S/C31H19N3O/c1-2-7-18(8-3-1)31-34-27-16-14-23-24-17-19(13-15-26(24)33-29(23)30(27)35-31)20-10-6-11-22-21-9-4-5-12-25(21)32-28(20)22/h1-17,32-33H. The van der Waals surface area contributed by atoms with Crippen LogP contribution in [0.25, 0.3) is 77.3 Å². The Labute approximate surface area is 199 Å². The van der Waals surface area contributed by atoms with E-state index >= 15 is 0 Å². The quantitative estimate of drug-likeness (QED) is 0.278. The molecule has 0 spiro atoms. The summed E-state index contributed by atoms with van der Waals surface area (Å²) in [4.78, 5) is 11.9. The highest BCUT2D eigenvalue weighted by Gasteiger charge is 2.16. The molecular weight excluding hydrogens is 430 g/mol. The second-order valence-electron chi connectivity index (χ2n) is 9.01. The normalized spacial score (nSPS) is 12.0. The second-order valence-corrected chi connectivity index (χ2v) is 9.01. The highest BCUT2D eigenvalue weighted by Crippen LogP contribution is 2.38. The second kappa shape index (κ2) is 6.84. The zero-order chi connectivity index (χ0) is 22.9. The van der Waals surface area contributed by atoms with E-state index in [2.05, 4.69) is 76.7 Å². The van der Waals surface area contributed by atoms with E-state index in [9.17, 15) is 0 Å². The maximum absolute atomic E-state index is 6.26. The molecule has 4 nitrogen and oxygen atoms in total. The number of rotatable bonds is 2. The predicted molar refractivity (Wildman–Crippen MR) is 144 cm³/mol. The zero-order valence-corrected chi connectivity index (χ0v) is 18.7. The highest BCUT2D eigenvalue weighted by molar-refractivity contribution is 6.17. The topological polar surface area (TPSA) is 57.6 Å². The average molecular weight is 450 g/mol. The number of aromatic amines is 2. The van der Waals surface area contributed by atoms with Gasteiger partial charge in [0.15, 0.2) is 5.58 Å². The molecule has 3 aromatic heterocycles.